The van der Waals surface area contributed by atoms with Crippen LogP contribution < -0.4 is 0 Å². The van der Waals surface area contributed by atoms with Gasteiger partial charge in [0, 0.05) is 29.3 Å². The number of likely N-dealkylation sites (tertiary alicyclic amines) is 1. The number of rotatable bonds is 3. The van der Waals surface area contributed by atoms with Crippen LogP contribution in [0.3, 0.4) is 0 Å². The number of ketones is 1. The topological polar surface area (TPSA) is 37.4 Å². The van der Waals surface area contributed by atoms with Gasteiger partial charge in [0.2, 0.25) is 0 Å². The van der Waals surface area contributed by atoms with E-state index in [0.29, 0.717) is 22.7 Å². The average Bonchev–Trinajstić information content (AvgIpc) is 3.00. The van der Waals surface area contributed by atoms with Gasteiger partial charge in [0.05, 0.1) is 0 Å². The lowest BCUT2D eigenvalue weighted by molar-refractivity contribution is 0.0747. The molecule has 0 radical (unpaired) electrons. The third-order valence-corrected chi connectivity index (χ3v) is 4.24. The lowest BCUT2D eigenvalue weighted by Crippen LogP contribution is -2.33. The van der Waals surface area contributed by atoms with Crippen molar-refractivity contribution < 1.29 is 9.59 Å². The van der Waals surface area contributed by atoms with Crippen LogP contribution in [0.25, 0.3) is 0 Å². The van der Waals surface area contributed by atoms with E-state index in [2.05, 4.69) is 6.92 Å². The van der Waals surface area contributed by atoms with Crippen molar-refractivity contribution in [2.45, 2.75) is 25.8 Å². The highest BCUT2D eigenvalue weighted by Crippen LogP contribution is 2.20. The first-order valence-corrected chi connectivity index (χ1v) is 7.67. The molecule has 22 heavy (non-hydrogen) atoms. The number of carbonyl (C=O) groups excluding carboxylic acids is 2. The molecule has 2 aromatic rings. The summed E-state index contributed by atoms with van der Waals surface area (Å²) in [5.74, 6) is 0.0397. The fourth-order valence-corrected chi connectivity index (χ4v) is 2.92. The maximum absolute atomic E-state index is 12.4. The van der Waals surface area contributed by atoms with Crippen LogP contribution in [0.2, 0.25) is 0 Å². The maximum Gasteiger partial charge on any atom is 0.254 e. The number of amides is 1. The summed E-state index contributed by atoms with van der Waals surface area (Å²) in [5.41, 5.74) is 1.92. The normalized spacial score (nSPS) is 17.5. The molecule has 3 rings (SSSR count). The SMILES string of the molecule is CC1CCCN1C(=O)c1ccc(C(=O)c2ccccc2)cc1. The van der Waals surface area contributed by atoms with E-state index in [1.165, 1.54) is 0 Å². The first-order valence-electron chi connectivity index (χ1n) is 7.67. The van der Waals surface area contributed by atoms with Gasteiger partial charge in [0.1, 0.15) is 0 Å². The minimum Gasteiger partial charge on any atom is -0.336 e. The van der Waals surface area contributed by atoms with Crippen LogP contribution in [-0.4, -0.2) is 29.2 Å². The Labute approximate surface area is 130 Å². The molecule has 0 aromatic heterocycles. The molecule has 1 atom stereocenters. The zero-order chi connectivity index (χ0) is 15.5. The van der Waals surface area contributed by atoms with E-state index in [9.17, 15) is 9.59 Å². The monoisotopic (exact) mass is 293 g/mol. The van der Waals surface area contributed by atoms with E-state index in [0.717, 1.165) is 19.4 Å². The van der Waals surface area contributed by atoms with E-state index < -0.39 is 0 Å². The highest BCUT2D eigenvalue weighted by atomic mass is 16.2. The van der Waals surface area contributed by atoms with Gasteiger partial charge in [-0.1, -0.05) is 42.5 Å². The number of hydrogen-bond acceptors (Lipinski definition) is 2. The summed E-state index contributed by atoms with van der Waals surface area (Å²) < 4.78 is 0. The van der Waals surface area contributed by atoms with Crippen LogP contribution in [0.1, 0.15) is 46.0 Å². The van der Waals surface area contributed by atoms with Gasteiger partial charge >= 0.3 is 0 Å². The van der Waals surface area contributed by atoms with Gasteiger partial charge in [0.25, 0.3) is 5.91 Å². The molecular weight excluding hydrogens is 274 g/mol. The minimum absolute atomic E-state index is 0.0193. The van der Waals surface area contributed by atoms with Gasteiger partial charge in [-0.2, -0.15) is 0 Å². The second-order valence-electron chi connectivity index (χ2n) is 5.76. The van der Waals surface area contributed by atoms with Crippen molar-refractivity contribution in [3.8, 4) is 0 Å². The van der Waals surface area contributed by atoms with Crippen LogP contribution in [0.4, 0.5) is 0 Å². The Morgan fingerprint density at radius 3 is 2.09 bits per heavy atom. The predicted molar refractivity (Wildman–Crippen MR) is 86.0 cm³/mol. The summed E-state index contributed by atoms with van der Waals surface area (Å²) in [6.45, 7) is 2.91. The molecule has 2 aromatic carbocycles. The number of benzene rings is 2. The number of hydrogen-bond donors (Lipinski definition) is 0. The van der Waals surface area contributed by atoms with E-state index in [-0.39, 0.29) is 11.7 Å². The Balaban J connectivity index is 1.78. The molecule has 0 saturated carbocycles. The molecule has 0 spiro atoms. The summed E-state index contributed by atoms with van der Waals surface area (Å²) in [4.78, 5) is 26.7. The molecule has 1 aliphatic rings. The molecule has 1 aliphatic heterocycles. The molecule has 0 aliphatic carbocycles. The Kier molecular flexibility index (Phi) is 4.05. The zero-order valence-corrected chi connectivity index (χ0v) is 12.7. The van der Waals surface area contributed by atoms with Crippen LogP contribution in [0.5, 0.6) is 0 Å². The van der Waals surface area contributed by atoms with Gasteiger partial charge in [-0.05, 0) is 31.9 Å². The first-order chi connectivity index (χ1) is 10.7. The van der Waals surface area contributed by atoms with Gasteiger partial charge in [-0.25, -0.2) is 0 Å². The zero-order valence-electron chi connectivity index (χ0n) is 12.7. The number of nitrogens with zero attached hydrogens (tertiary/aromatic N) is 1. The third-order valence-electron chi connectivity index (χ3n) is 4.24. The molecule has 1 amide bonds. The Morgan fingerprint density at radius 1 is 0.909 bits per heavy atom. The van der Waals surface area contributed by atoms with Crippen LogP contribution >= 0.6 is 0 Å². The molecule has 1 heterocycles. The second-order valence-corrected chi connectivity index (χ2v) is 5.76. The van der Waals surface area contributed by atoms with Crippen molar-refractivity contribution in [2.75, 3.05) is 6.54 Å². The quantitative estimate of drug-likeness (QED) is 0.812. The molecule has 1 saturated heterocycles. The molecule has 112 valence electrons. The van der Waals surface area contributed by atoms with Crippen molar-refractivity contribution in [3.63, 3.8) is 0 Å². The van der Waals surface area contributed by atoms with Gasteiger partial charge in [-0.3, -0.25) is 9.59 Å². The molecule has 1 unspecified atom stereocenters. The predicted octanol–water partition coefficient (Wildman–Crippen LogP) is 3.54. The van der Waals surface area contributed by atoms with Crippen LogP contribution in [-0.2, 0) is 0 Å². The van der Waals surface area contributed by atoms with E-state index in [1.807, 2.05) is 23.1 Å². The molecule has 3 nitrogen and oxygen atoms in total. The van der Waals surface area contributed by atoms with Gasteiger partial charge in [0.15, 0.2) is 5.78 Å². The second kappa shape index (κ2) is 6.14. The maximum atomic E-state index is 12.4. The summed E-state index contributed by atoms with van der Waals surface area (Å²) in [5, 5.41) is 0. The minimum atomic E-state index is -0.0193. The fraction of sp³-hybridized carbons (Fsp3) is 0.263. The largest absolute Gasteiger partial charge is 0.336 e. The summed E-state index contributed by atoms with van der Waals surface area (Å²) in [6, 6.07) is 16.5. The molecular formula is C19H19NO2. The molecule has 0 bridgehead atoms. The van der Waals surface area contributed by atoms with E-state index in [4.69, 9.17) is 0 Å². The van der Waals surface area contributed by atoms with Crippen molar-refractivity contribution in [1.82, 2.24) is 4.90 Å². The summed E-state index contributed by atoms with van der Waals surface area (Å²) in [6.07, 6.45) is 2.13. The van der Waals surface area contributed by atoms with Gasteiger partial charge in [-0.15, -0.1) is 0 Å². The van der Waals surface area contributed by atoms with Crippen LogP contribution in [0, 0.1) is 0 Å². The average molecular weight is 293 g/mol. The smallest absolute Gasteiger partial charge is 0.254 e. The fourth-order valence-electron chi connectivity index (χ4n) is 2.92. The third kappa shape index (κ3) is 2.80. The Hall–Kier alpha value is -2.42. The lowest BCUT2D eigenvalue weighted by Gasteiger charge is -2.21. The molecule has 0 N–H and O–H groups in total. The summed E-state index contributed by atoms with van der Waals surface area (Å²) in [7, 11) is 0. The molecule has 3 heteroatoms. The van der Waals surface area contributed by atoms with Crippen LogP contribution in [0.15, 0.2) is 54.6 Å². The van der Waals surface area contributed by atoms with Crippen molar-refractivity contribution >= 4 is 11.7 Å². The number of carbonyl (C=O) groups is 2. The Morgan fingerprint density at radius 2 is 1.50 bits per heavy atom. The Bertz CT molecular complexity index is 676. The van der Waals surface area contributed by atoms with Crippen molar-refractivity contribution in [2.24, 2.45) is 0 Å². The van der Waals surface area contributed by atoms with E-state index in [1.54, 1.807) is 36.4 Å². The first kappa shape index (κ1) is 14.5. The standard InChI is InChI=1S/C19H19NO2/c1-14-6-5-13-20(14)19(22)17-11-9-16(10-12-17)18(21)15-7-3-2-4-8-15/h2-4,7-12,14H,5-6,13H2,1H3. The molecule has 1 fully saturated rings. The van der Waals surface area contributed by atoms with Crippen molar-refractivity contribution in [1.29, 1.82) is 0 Å². The summed E-state index contributed by atoms with van der Waals surface area (Å²) >= 11 is 0. The lowest BCUT2D eigenvalue weighted by atomic mass is 10.0. The van der Waals surface area contributed by atoms with Crippen molar-refractivity contribution in [3.05, 3.63) is 71.3 Å². The highest BCUT2D eigenvalue weighted by molar-refractivity contribution is 6.09. The van der Waals surface area contributed by atoms with E-state index >= 15 is 0 Å². The van der Waals surface area contributed by atoms with Gasteiger partial charge < -0.3 is 4.90 Å². The highest BCUT2D eigenvalue weighted by Gasteiger charge is 2.25.